The molecule has 1 N–H and O–H groups in total. The van der Waals surface area contributed by atoms with Crippen molar-refractivity contribution in [1.29, 1.82) is 0 Å². The van der Waals surface area contributed by atoms with Crippen molar-refractivity contribution in [1.82, 2.24) is 5.32 Å². The SMILES string of the molecule is CCNC(CCc1ccsc1C)C1CC1. The Morgan fingerprint density at radius 3 is 2.87 bits per heavy atom. The number of hydrogen-bond acceptors (Lipinski definition) is 2. The van der Waals surface area contributed by atoms with Crippen molar-refractivity contribution < 1.29 is 0 Å². The molecule has 0 bridgehead atoms. The summed E-state index contributed by atoms with van der Waals surface area (Å²) >= 11 is 1.87. The molecule has 84 valence electrons. The van der Waals surface area contributed by atoms with E-state index in [0.717, 1.165) is 18.5 Å². The highest BCUT2D eigenvalue weighted by atomic mass is 32.1. The van der Waals surface area contributed by atoms with Crippen molar-refractivity contribution in [2.45, 2.75) is 45.6 Å². The second-order valence-corrected chi connectivity index (χ2v) is 5.66. The molecule has 0 spiro atoms. The first-order chi connectivity index (χ1) is 7.31. The van der Waals surface area contributed by atoms with Crippen LogP contribution in [0.5, 0.6) is 0 Å². The minimum absolute atomic E-state index is 0.772. The summed E-state index contributed by atoms with van der Waals surface area (Å²) < 4.78 is 0. The van der Waals surface area contributed by atoms with Gasteiger partial charge in [0.05, 0.1) is 0 Å². The van der Waals surface area contributed by atoms with Crippen molar-refractivity contribution >= 4 is 11.3 Å². The molecule has 1 aromatic heterocycles. The lowest BCUT2D eigenvalue weighted by Crippen LogP contribution is -2.31. The van der Waals surface area contributed by atoms with Gasteiger partial charge < -0.3 is 5.32 Å². The van der Waals surface area contributed by atoms with Gasteiger partial charge in [0.2, 0.25) is 0 Å². The second-order valence-electron chi connectivity index (χ2n) is 4.54. The van der Waals surface area contributed by atoms with E-state index in [1.807, 2.05) is 11.3 Å². The highest BCUT2D eigenvalue weighted by Crippen LogP contribution is 2.34. The van der Waals surface area contributed by atoms with Gasteiger partial charge in [0.1, 0.15) is 0 Å². The normalized spacial score (nSPS) is 18.0. The minimum atomic E-state index is 0.772. The summed E-state index contributed by atoms with van der Waals surface area (Å²) in [4.78, 5) is 1.50. The van der Waals surface area contributed by atoms with Crippen molar-refractivity contribution in [2.24, 2.45) is 5.92 Å². The first-order valence-electron chi connectivity index (χ1n) is 6.07. The Labute approximate surface area is 96.9 Å². The zero-order valence-corrected chi connectivity index (χ0v) is 10.6. The fourth-order valence-corrected chi connectivity index (χ4v) is 3.00. The van der Waals surface area contributed by atoms with E-state index in [9.17, 15) is 0 Å². The summed E-state index contributed by atoms with van der Waals surface area (Å²) in [5.74, 6) is 0.976. The van der Waals surface area contributed by atoms with E-state index in [0.29, 0.717) is 0 Å². The number of nitrogens with one attached hydrogen (secondary N) is 1. The number of hydrogen-bond donors (Lipinski definition) is 1. The van der Waals surface area contributed by atoms with Gasteiger partial charge in [-0.05, 0) is 62.1 Å². The Hall–Kier alpha value is -0.340. The molecule has 2 heteroatoms. The van der Waals surface area contributed by atoms with Gasteiger partial charge in [0, 0.05) is 10.9 Å². The lowest BCUT2D eigenvalue weighted by Gasteiger charge is -2.16. The van der Waals surface area contributed by atoms with Gasteiger partial charge in [-0.3, -0.25) is 0 Å². The van der Waals surface area contributed by atoms with Gasteiger partial charge in [-0.15, -0.1) is 11.3 Å². The second kappa shape index (κ2) is 5.13. The van der Waals surface area contributed by atoms with Crippen LogP contribution in [0.4, 0.5) is 0 Å². The molecular formula is C13H21NS. The third kappa shape index (κ3) is 3.05. The molecule has 0 aromatic carbocycles. The van der Waals surface area contributed by atoms with Gasteiger partial charge in [-0.2, -0.15) is 0 Å². The lowest BCUT2D eigenvalue weighted by molar-refractivity contribution is 0.446. The van der Waals surface area contributed by atoms with Gasteiger partial charge in [0.15, 0.2) is 0 Å². The molecule has 2 rings (SSSR count). The van der Waals surface area contributed by atoms with E-state index in [1.165, 1.54) is 30.6 Å². The summed E-state index contributed by atoms with van der Waals surface area (Å²) in [6.45, 7) is 5.56. The average molecular weight is 223 g/mol. The summed E-state index contributed by atoms with van der Waals surface area (Å²) in [6, 6.07) is 3.06. The van der Waals surface area contributed by atoms with E-state index in [2.05, 4.69) is 30.6 Å². The predicted molar refractivity (Wildman–Crippen MR) is 67.6 cm³/mol. The molecule has 15 heavy (non-hydrogen) atoms. The summed E-state index contributed by atoms with van der Waals surface area (Å²) in [6.07, 6.45) is 5.46. The highest BCUT2D eigenvalue weighted by Gasteiger charge is 2.30. The van der Waals surface area contributed by atoms with Crippen molar-refractivity contribution in [3.8, 4) is 0 Å². The van der Waals surface area contributed by atoms with Crippen LogP contribution in [0.1, 0.15) is 36.6 Å². The van der Waals surface area contributed by atoms with Crippen LogP contribution in [0.25, 0.3) is 0 Å². The van der Waals surface area contributed by atoms with Gasteiger partial charge in [-0.1, -0.05) is 6.92 Å². The predicted octanol–water partition coefficient (Wildman–Crippen LogP) is 3.38. The molecule has 1 aliphatic rings. The number of thiophene rings is 1. The van der Waals surface area contributed by atoms with Crippen LogP contribution in [-0.2, 0) is 6.42 Å². The molecule has 0 saturated heterocycles. The smallest absolute Gasteiger partial charge is 0.00983 e. The van der Waals surface area contributed by atoms with E-state index < -0.39 is 0 Å². The first kappa shape index (κ1) is 11.2. The van der Waals surface area contributed by atoms with Crippen LogP contribution in [-0.4, -0.2) is 12.6 Å². The van der Waals surface area contributed by atoms with Crippen LogP contribution >= 0.6 is 11.3 Å². The Morgan fingerprint density at radius 2 is 2.33 bits per heavy atom. The topological polar surface area (TPSA) is 12.0 Å². The zero-order chi connectivity index (χ0) is 10.7. The van der Waals surface area contributed by atoms with E-state index >= 15 is 0 Å². The monoisotopic (exact) mass is 223 g/mol. The lowest BCUT2D eigenvalue weighted by atomic mass is 10.0. The molecule has 1 aromatic rings. The van der Waals surface area contributed by atoms with Gasteiger partial charge in [-0.25, -0.2) is 0 Å². The number of rotatable bonds is 6. The third-order valence-electron chi connectivity index (χ3n) is 3.35. The molecule has 1 heterocycles. The highest BCUT2D eigenvalue weighted by molar-refractivity contribution is 7.10. The number of aryl methyl sites for hydroxylation is 2. The Bertz CT molecular complexity index is 301. The fraction of sp³-hybridized carbons (Fsp3) is 0.692. The molecule has 0 amide bonds. The first-order valence-corrected chi connectivity index (χ1v) is 6.95. The van der Waals surface area contributed by atoms with Gasteiger partial charge in [0.25, 0.3) is 0 Å². The summed E-state index contributed by atoms with van der Waals surface area (Å²) in [5.41, 5.74) is 1.56. The van der Waals surface area contributed by atoms with E-state index in [1.54, 1.807) is 5.56 Å². The van der Waals surface area contributed by atoms with Crippen LogP contribution < -0.4 is 5.32 Å². The van der Waals surface area contributed by atoms with Crippen molar-refractivity contribution in [2.75, 3.05) is 6.54 Å². The molecule has 1 nitrogen and oxygen atoms in total. The zero-order valence-electron chi connectivity index (χ0n) is 9.75. The van der Waals surface area contributed by atoms with Crippen LogP contribution in [0.15, 0.2) is 11.4 Å². The molecule has 0 radical (unpaired) electrons. The average Bonchev–Trinajstić information content (AvgIpc) is 2.98. The van der Waals surface area contributed by atoms with E-state index in [4.69, 9.17) is 0 Å². The maximum absolute atomic E-state index is 3.63. The van der Waals surface area contributed by atoms with Crippen LogP contribution in [0.3, 0.4) is 0 Å². The third-order valence-corrected chi connectivity index (χ3v) is 4.24. The largest absolute Gasteiger partial charge is 0.314 e. The van der Waals surface area contributed by atoms with E-state index in [-0.39, 0.29) is 0 Å². The van der Waals surface area contributed by atoms with Crippen LogP contribution in [0.2, 0.25) is 0 Å². The Morgan fingerprint density at radius 1 is 1.53 bits per heavy atom. The molecule has 1 saturated carbocycles. The standard InChI is InChI=1S/C13H21NS/c1-3-14-13(12-4-5-12)7-6-11-8-9-15-10(11)2/h8-9,12-14H,3-7H2,1-2H3. The maximum atomic E-state index is 3.63. The van der Waals surface area contributed by atoms with Gasteiger partial charge >= 0.3 is 0 Å². The van der Waals surface area contributed by atoms with Crippen molar-refractivity contribution in [3.05, 3.63) is 21.9 Å². The maximum Gasteiger partial charge on any atom is 0.00983 e. The molecule has 1 unspecified atom stereocenters. The quantitative estimate of drug-likeness (QED) is 0.779. The minimum Gasteiger partial charge on any atom is -0.314 e. The molecule has 1 atom stereocenters. The van der Waals surface area contributed by atoms with Crippen LogP contribution in [0, 0.1) is 12.8 Å². The Kier molecular flexibility index (Phi) is 3.81. The molecular weight excluding hydrogens is 202 g/mol. The van der Waals surface area contributed by atoms with Crippen molar-refractivity contribution in [3.63, 3.8) is 0 Å². The molecule has 1 fully saturated rings. The molecule has 0 aliphatic heterocycles. The summed E-state index contributed by atoms with van der Waals surface area (Å²) in [7, 11) is 0. The summed E-state index contributed by atoms with van der Waals surface area (Å²) in [5, 5.41) is 5.84. The Balaban J connectivity index is 1.82. The molecule has 1 aliphatic carbocycles. The fourth-order valence-electron chi connectivity index (χ4n) is 2.25.